The number of methoxy groups -OCH3 is 1. The molecule has 4 nitrogen and oxygen atoms in total. The summed E-state index contributed by atoms with van der Waals surface area (Å²) in [4.78, 5) is 11.6. The predicted molar refractivity (Wildman–Crippen MR) is 69.6 cm³/mol. The molecule has 0 aromatic carbocycles. The van der Waals surface area contributed by atoms with Crippen LogP contribution in [0.4, 0.5) is 0 Å². The van der Waals surface area contributed by atoms with Crippen LogP contribution in [0.5, 0.6) is 0 Å². The Kier molecular flexibility index (Phi) is 7.30. The number of thioether (sulfide) groups is 1. The molecule has 0 bridgehead atoms. The minimum Gasteiger partial charge on any atom is -0.450 e. The molecule has 100 valence electrons. The maximum Gasteiger partial charge on any atom is 0.314 e. The summed E-state index contributed by atoms with van der Waals surface area (Å²) < 4.78 is 15.4. The summed E-state index contributed by atoms with van der Waals surface area (Å²) in [5.74, 6) is 0.467. The molecular formula is C12H22O4S. The fourth-order valence-corrected chi connectivity index (χ4v) is 1.49. The summed E-state index contributed by atoms with van der Waals surface area (Å²) in [6, 6.07) is 0. The lowest BCUT2D eigenvalue weighted by Gasteiger charge is -2.21. The van der Waals surface area contributed by atoms with Gasteiger partial charge in [-0.05, 0) is 27.4 Å². The highest BCUT2D eigenvalue weighted by Gasteiger charge is 2.25. The SMILES string of the molecule is C=C(OC(C)OC(=O)C(C)(C)C)SCCOC. The first-order valence-electron chi connectivity index (χ1n) is 5.45. The van der Waals surface area contributed by atoms with Crippen LogP contribution in [-0.4, -0.2) is 31.7 Å². The van der Waals surface area contributed by atoms with Crippen molar-refractivity contribution in [2.75, 3.05) is 19.5 Å². The Morgan fingerprint density at radius 3 is 2.41 bits per heavy atom. The summed E-state index contributed by atoms with van der Waals surface area (Å²) in [5.41, 5.74) is -0.526. The quantitative estimate of drug-likeness (QED) is 0.305. The summed E-state index contributed by atoms with van der Waals surface area (Å²) in [6.07, 6.45) is -0.621. The predicted octanol–water partition coefficient (Wildman–Crippen LogP) is 2.79. The van der Waals surface area contributed by atoms with Gasteiger partial charge in [0.15, 0.2) is 5.09 Å². The molecule has 0 radical (unpaired) electrons. The van der Waals surface area contributed by atoms with Crippen LogP contribution in [0.1, 0.15) is 27.7 Å². The molecule has 0 saturated carbocycles. The van der Waals surface area contributed by atoms with Crippen LogP contribution in [0, 0.1) is 5.41 Å². The molecule has 0 aliphatic rings. The molecule has 0 aliphatic heterocycles. The van der Waals surface area contributed by atoms with Crippen molar-refractivity contribution in [1.29, 1.82) is 0 Å². The van der Waals surface area contributed by atoms with Gasteiger partial charge in [0, 0.05) is 19.8 Å². The van der Waals surface area contributed by atoms with E-state index >= 15 is 0 Å². The molecule has 0 amide bonds. The number of esters is 1. The zero-order valence-electron chi connectivity index (χ0n) is 11.2. The number of rotatable bonds is 7. The van der Waals surface area contributed by atoms with Crippen LogP contribution >= 0.6 is 11.8 Å². The van der Waals surface area contributed by atoms with E-state index in [1.807, 2.05) is 0 Å². The van der Waals surface area contributed by atoms with E-state index in [-0.39, 0.29) is 5.97 Å². The Balaban J connectivity index is 3.89. The van der Waals surface area contributed by atoms with E-state index in [9.17, 15) is 4.79 Å². The minimum atomic E-state index is -0.621. The first kappa shape index (κ1) is 16.3. The number of hydrogen-bond donors (Lipinski definition) is 0. The molecule has 0 fully saturated rings. The largest absolute Gasteiger partial charge is 0.450 e. The fourth-order valence-electron chi connectivity index (χ4n) is 0.810. The van der Waals surface area contributed by atoms with Gasteiger partial charge in [-0.15, -0.1) is 0 Å². The van der Waals surface area contributed by atoms with Gasteiger partial charge in [0.25, 0.3) is 0 Å². The molecule has 0 aromatic rings. The maximum atomic E-state index is 11.6. The third-order valence-electron chi connectivity index (χ3n) is 1.73. The molecule has 0 aromatic heterocycles. The molecule has 0 N–H and O–H groups in total. The highest BCUT2D eigenvalue weighted by atomic mass is 32.2. The third-order valence-corrected chi connectivity index (χ3v) is 2.52. The first-order chi connectivity index (χ1) is 7.77. The zero-order valence-corrected chi connectivity index (χ0v) is 12.1. The maximum absolute atomic E-state index is 11.6. The van der Waals surface area contributed by atoms with Crippen LogP contribution in [0.3, 0.4) is 0 Å². The highest BCUT2D eigenvalue weighted by Crippen LogP contribution is 2.20. The summed E-state index contributed by atoms with van der Waals surface area (Å²) in [6.45, 7) is 11.4. The van der Waals surface area contributed by atoms with Crippen LogP contribution in [-0.2, 0) is 19.0 Å². The van der Waals surface area contributed by atoms with Gasteiger partial charge in [-0.25, -0.2) is 0 Å². The average Bonchev–Trinajstić information content (AvgIpc) is 2.16. The van der Waals surface area contributed by atoms with Crippen molar-refractivity contribution in [3.63, 3.8) is 0 Å². The Morgan fingerprint density at radius 1 is 1.35 bits per heavy atom. The summed E-state index contributed by atoms with van der Waals surface area (Å²) in [7, 11) is 1.64. The van der Waals surface area contributed by atoms with Crippen molar-refractivity contribution >= 4 is 17.7 Å². The van der Waals surface area contributed by atoms with Gasteiger partial charge in [0.05, 0.1) is 12.0 Å². The van der Waals surface area contributed by atoms with Crippen LogP contribution in [0.25, 0.3) is 0 Å². The zero-order chi connectivity index (χ0) is 13.5. The Labute approximate surface area is 108 Å². The molecule has 0 spiro atoms. The van der Waals surface area contributed by atoms with Crippen molar-refractivity contribution in [2.45, 2.75) is 34.0 Å². The van der Waals surface area contributed by atoms with Gasteiger partial charge in [-0.1, -0.05) is 11.8 Å². The van der Waals surface area contributed by atoms with Gasteiger partial charge in [-0.3, -0.25) is 4.79 Å². The second kappa shape index (κ2) is 7.61. The molecule has 17 heavy (non-hydrogen) atoms. The molecule has 0 aliphatic carbocycles. The van der Waals surface area contributed by atoms with Crippen molar-refractivity contribution in [3.8, 4) is 0 Å². The van der Waals surface area contributed by atoms with Crippen molar-refractivity contribution in [2.24, 2.45) is 5.41 Å². The molecule has 1 unspecified atom stereocenters. The normalized spacial score (nSPS) is 13.0. The van der Waals surface area contributed by atoms with Gasteiger partial charge in [-0.2, -0.15) is 0 Å². The van der Waals surface area contributed by atoms with Gasteiger partial charge < -0.3 is 14.2 Å². The Hall–Kier alpha value is -0.680. The lowest BCUT2D eigenvalue weighted by atomic mass is 9.97. The number of ether oxygens (including phenoxy) is 3. The smallest absolute Gasteiger partial charge is 0.314 e. The van der Waals surface area contributed by atoms with Crippen LogP contribution in [0.15, 0.2) is 11.7 Å². The lowest BCUT2D eigenvalue weighted by Crippen LogP contribution is -2.27. The molecular weight excluding hydrogens is 240 g/mol. The van der Waals surface area contributed by atoms with Crippen molar-refractivity contribution in [3.05, 3.63) is 11.7 Å². The number of carbonyl (C=O) groups excluding carboxylic acids is 1. The first-order valence-corrected chi connectivity index (χ1v) is 6.44. The summed E-state index contributed by atoms with van der Waals surface area (Å²) >= 11 is 1.43. The number of hydrogen-bond acceptors (Lipinski definition) is 5. The van der Waals surface area contributed by atoms with Crippen LogP contribution < -0.4 is 0 Å². The van der Waals surface area contributed by atoms with E-state index in [1.54, 1.807) is 34.8 Å². The van der Waals surface area contributed by atoms with E-state index < -0.39 is 11.7 Å². The average molecular weight is 262 g/mol. The minimum absolute atomic E-state index is 0.292. The van der Waals surface area contributed by atoms with Crippen molar-refractivity contribution in [1.82, 2.24) is 0 Å². The molecule has 0 saturated heterocycles. The second-order valence-corrected chi connectivity index (χ2v) is 5.71. The van der Waals surface area contributed by atoms with E-state index in [2.05, 4.69) is 6.58 Å². The second-order valence-electron chi connectivity index (χ2n) is 4.55. The Morgan fingerprint density at radius 2 is 1.94 bits per heavy atom. The van der Waals surface area contributed by atoms with E-state index in [0.29, 0.717) is 11.7 Å². The standard InChI is InChI=1S/C12H22O4S/c1-9(16-11(13)12(3,4)5)15-10(2)17-8-7-14-6/h9H,2,7-8H2,1,3-6H3. The lowest BCUT2D eigenvalue weighted by molar-refractivity contribution is -0.176. The third kappa shape index (κ3) is 8.10. The summed E-state index contributed by atoms with van der Waals surface area (Å²) in [5, 5.41) is 0.524. The molecule has 0 rings (SSSR count). The van der Waals surface area contributed by atoms with E-state index in [4.69, 9.17) is 14.2 Å². The van der Waals surface area contributed by atoms with E-state index in [1.165, 1.54) is 11.8 Å². The van der Waals surface area contributed by atoms with Gasteiger partial charge in [0.2, 0.25) is 6.29 Å². The van der Waals surface area contributed by atoms with E-state index in [0.717, 1.165) is 5.75 Å². The highest BCUT2D eigenvalue weighted by molar-refractivity contribution is 8.02. The van der Waals surface area contributed by atoms with Crippen LogP contribution in [0.2, 0.25) is 0 Å². The molecule has 1 atom stereocenters. The fraction of sp³-hybridized carbons (Fsp3) is 0.750. The topological polar surface area (TPSA) is 44.8 Å². The molecule has 0 heterocycles. The Bertz CT molecular complexity index is 258. The van der Waals surface area contributed by atoms with Gasteiger partial charge >= 0.3 is 5.97 Å². The number of carbonyl (C=O) groups is 1. The monoisotopic (exact) mass is 262 g/mol. The van der Waals surface area contributed by atoms with Gasteiger partial charge in [0.1, 0.15) is 0 Å². The van der Waals surface area contributed by atoms with Crippen molar-refractivity contribution < 1.29 is 19.0 Å². The molecule has 5 heteroatoms.